The van der Waals surface area contributed by atoms with Crippen LogP contribution in [0.2, 0.25) is 0 Å². The first kappa shape index (κ1) is 16.0. The van der Waals surface area contributed by atoms with Crippen LogP contribution in [0.5, 0.6) is 0 Å². The van der Waals surface area contributed by atoms with Crippen LogP contribution in [-0.2, 0) is 25.1 Å². The molecule has 1 aliphatic rings. The highest BCUT2D eigenvalue weighted by molar-refractivity contribution is 7.91. The molecule has 1 aliphatic carbocycles. The van der Waals surface area contributed by atoms with Crippen molar-refractivity contribution >= 4 is 15.8 Å². The summed E-state index contributed by atoms with van der Waals surface area (Å²) in [5, 5.41) is 3.62. The van der Waals surface area contributed by atoms with Crippen molar-refractivity contribution in [2.45, 2.75) is 56.1 Å². The monoisotopic (exact) mass is 314 g/mol. The Balaban J connectivity index is 2.01. The number of methoxy groups -OCH3 is 1. The third kappa shape index (κ3) is 4.06. The minimum atomic E-state index is -3.41. The van der Waals surface area contributed by atoms with Gasteiger partial charge in [0, 0.05) is 6.20 Å². The largest absolute Gasteiger partial charge is 0.469 e. The number of esters is 1. The summed E-state index contributed by atoms with van der Waals surface area (Å²) in [5.41, 5.74) is 0.540. The molecule has 0 amide bonds. The second-order valence-electron chi connectivity index (χ2n) is 5.62. The molecule has 1 aromatic rings. The van der Waals surface area contributed by atoms with E-state index in [1.54, 1.807) is 6.07 Å². The quantitative estimate of drug-likeness (QED) is 0.749. The van der Waals surface area contributed by atoms with E-state index in [0.29, 0.717) is 11.7 Å². The van der Waals surface area contributed by atoms with Gasteiger partial charge in [0.15, 0.2) is 9.84 Å². The third-order valence-electron chi connectivity index (χ3n) is 4.01. The smallest absolute Gasteiger partial charge is 0.306 e. The summed E-state index contributed by atoms with van der Waals surface area (Å²) in [5.74, 6) is -0.646. The van der Waals surface area contributed by atoms with E-state index in [1.807, 2.05) is 10.9 Å². The van der Waals surface area contributed by atoms with Crippen LogP contribution in [0.3, 0.4) is 0 Å². The number of aromatic nitrogens is 2. The van der Waals surface area contributed by atoms with E-state index < -0.39 is 21.1 Å². The minimum Gasteiger partial charge on any atom is -0.469 e. The lowest BCUT2D eigenvalue weighted by atomic mass is 10.3. The van der Waals surface area contributed by atoms with E-state index in [1.165, 1.54) is 26.9 Å². The Morgan fingerprint density at radius 3 is 2.76 bits per heavy atom. The standard InChI is InChI=1S/C14H22N2O4S/c1-11(9-14(17)20-2)21(18,19)10-12-7-8-16(15-12)13-5-3-4-6-13/h7-8,11,13H,3-6,9-10H2,1-2H3. The van der Waals surface area contributed by atoms with Gasteiger partial charge in [-0.25, -0.2) is 8.42 Å². The van der Waals surface area contributed by atoms with E-state index in [9.17, 15) is 13.2 Å². The summed E-state index contributed by atoms with van der Waals surface area (Å²) in [6, 6.07) is 2.15. The van der Waals surface area contributed by atoms with Crippen molar-refractivity contribution in [3.05, 3.63) is 18.0 Å². The number of nitrogens with zero attached hydrogens (tertiary/aromatic N) is 2. The molecule has 1 unspecified atom stereocenters. The Labute approximate surface area is 125 Å². The summed E-state index contributed by atoms with van der Waals surface area (Å²) in [4.78, 5) is 11.2. The Bertz CT molecular complexity index is 588. The first-order chi connectivity index (χ1) is 9.92. The van der Waals surface area contributed by atoms with Crippen molar-refractivity contribution < 1.29 is 17.9 Å². The Kier molecular flexibility index (Phi) is 5.03. The molecule has 1 atom stereocenters. The fourth-order valence-electron chi connectivity index (χ4n) is 2.62. The lowest BCUT2D eigenvalue weighted by Crippen LogP contribution is -2.23. The van der Waals surface area contributed by atoms with Crippen molar-refractivity contribution in [3.63, 3.8) is 0 Å². The molecule has 1 aromatic heterocycles. The predicted octanol–water partition coefficient (Wildman–Crippen LogP) is 1.86. The van der Waals surface area contributed by atoms with Crippen molar-refractivity contribution in [2.75, 3.05) is 7.11 Å². The molecule has 0 spiro atoms. The van der Waals surface area contributed by atoms with Crippen molar-refractivity contribution in [1.29, 1.82) is 0 Å². The molecule has 6 nitrogen and oxygen atoms in total. The Hall–Kier alpha value is -1.37. The fourth-order valence-corrected chi connectivity index (χ4v) is 3.86. The lowest BCUT2D eigenvalue weighted by molar-refractivity contribution is -0.140. The van der Waals surface area contributed by atoms with Gasteiger partial charge in [0.25, 0.3) is 0 Å². The second kappa shape index (κ2) is 6.60. The highest BCUT2D eigenvalue weighted by Crippen LogP contribution is 2.28. The third-order valence-corrected chi connectivity index (χ3v) is 6.10. The molecule has 7 heteroatoms. The van der Waals surface area contributed by atoms with E-state index >= 15 is 0 Å². The highest BCUT2D eigenvalue weighted by Gasteiger charge is 2.26. The Morgan fingerprint density at radius 1 is 1.48 bits per heavy atom. The number of carbonyl (C=O) groups is 1. The fraction of sp³-hybridized carbons (Fsp3) is 0.714. The van der Waals surface area contributed by atoms with E-state index in [0.717, 1.165) is 12.8 Å². The number of hydrogen-bond acceptors (Lipinski definition) is 5. The average molecular weight is 314 g/mol. The molecule has 2 rings (SSSR count). The number of sulfone groups is 1. The Morgan fingerprint density at radius 2 is 2.14 bits per heavy atom. The van der Waals surface area contributed by atoms with Crippen LogP contribution < -0.4 is 0 Å². The number of rotatable bonds is 6. The molecule has 1 fully saturated rings. The van der Waals surface area contributed by atoms with Gasteiger partial charge < -0.3 is 4.74 Å². The van der Waals surface area contributed by atoms with Gasteiger partial charge in [-0.05, 0) is 25.8 Å². The van der Waals surface area contributed by atoms with E-state index in [2.05, 4.69) is 9.84 Å². The molecule has 0 bridgehead atoms. The molecule has 1 saturated carbocycles. The first-order valence-electron chi connectivity index (χ1n) is 7.25. The second-order valence-corrected chi connectivity index (χ2v) is 8.04. The number of ether oxygens (including phenoxy) is 1. The van der Waals surface area contributed by atoms with Crippen LogP contribution in [0, 0.1) is 0 Å². The average Bonchev–Trinajstić information content (AvgIpc) is 3.08. The summed E-state index contributed by atoms with van der Waals surface area (Å²) in [6.07, 6.45) is 6.34. The summed E-state index contributed by atoms with van der Waals surface area (Å²) in [6.45, 7) is 1.53. The van der Waals surface area contributed by atoms with Crippen molar-refractivity contribution in [3.8, 4) is 0 Å². The van der Waals surface area contributed by atoms with Crippen LogP contribution in [0.15, 0.2) is 12.3 Å². The molecule has 0 saturated heterocycles. The van der Waals surface area contributed by atoms with Gasteiger partial charge in [-0.1, -0.05) is 12.8 Å². The lowest BCUT2D eigenvalue weighted by Gasteiger charge is -2.11. The molecule has 0 aromatic carbocycles. The van der Waals surface area contributed by atoms with E-state index in [4.69, 9.17) is 0 Å². The molecular weight excluding hydrogens is 292 g/mol. The summed E-state index contributed by atoms with van der Waals surface area (Å²) in [7, 11) is -2.15. The van der Waals surface area contributed by atoms with Crippen LogP contribution >= 0.6 is 0 Å². The van der Waals surface area contributed by atoms with Crippen LogP contribution in [0.25, 0.3) is 0 Å². The van der Waals surface area contributed by atoms with E-state index in [-0.39, 0.29) is 12.2 Å². The topological polar surface area (TPSA) is 78.3 Å². The van der Waals surface area contributed by atoms with Crippen LogP contribution in [0.4, 0.5) is 0 Å². The predicted molar refractivity (Wildman–Crippen MR) is 78.5 cm³/mol. The first-order valence-corrected chi connectivity index (χ1v) is 8.96. The van der Waals surface area contributed by atoms with Gasteiger partial charge in [-0.3, -0.25) is 9.48 Å². The number of carbonyl (C=O) groups excluding carboxylic acids is 1. The van der Waals surface area contributed by atoms with Gasteiger partial charge in [-0.2, -0.15) is 5.10 Å². The maximum Gasteiger partial charge on any atom is 0.306 e. The molecule has 118 valence electrons. The summed E-state index contributed by atoms with van der Waals surface area (Å²) < 4.78 is 30.8. The zero-order chi connectivity index (χ0) is 15.5. The maximum atomic E-state index is 12.2. The van der Waals surface area contributed by atoms with Gasteiger partial charge in [0.05, 0.1) is 36.3 Å². The molecule has 0 radical (unpaired) electrons. The maximum absolute atomic E-state index is 12.2. The van der Waals surface area contributed by atoms with Gasteiger partial charge in [0.1, 0.15) is 0 Å². The van der Waals surface area contributed by atoms with Gasteiger partial charge in [-0.15, -0.1) is 0 Å². The van der Waals surface area contributed by atoms with Crippen LogP contribution in [-0.4, -0.2) is 36.5 Å². The highest BCUT2D eigenvalue weighted by atomic mass is 32.2. The molecule has 0 aliphatic heterocycles. The normalized spacial score (nSPS) is 17.8. The minimum absolute atomic E-state index is 0.123. The van der Waals surface area contributed by atoms with Gasteiger partial charge in [0.2, 0.25) is 0 Å². The number of hydrogen-bond donors (Lipinski definition) is 0. The molecule has 21 heavy (non-hydrogen) atoms. The van der Waals surface area contributed by atoms with Crippen molar-refractivity contribution in [1.82, 2.24) is 9.78 Å². The zero-order valence-electron chi connectivity index (χ0n) is 12.5. The molecule has 1 heterocycles. The van der Waals surface area contributed by atoms with Crippen molar-refractivity contribution in [2.24, 2.45) is 0 Å². The molecule has 0 N–H and O–H groups in total. The molecular formula is C14H22N2O4S. The van der Waals surface area contributed by atoms with Crippen LogP contribution in [0.1, 0.15) is 50.8 Å². The SMILES string of the molecule is COC(=O)CC(C)S(=O)(=O)Cc1ccn(C2CCCC2)n1. The van der Waals surface area contributed by atoms with Gasteiger partial charge >= 0.3 is 5.97 Å². The zero-order valence-corrected chi connectivity index (χ0v) is 13.3. The summed E-state index contributed by atoms with van der Waals surface area (Å²) >= 11 is 0.